The molecule has 0 aromatic heterocycles. The van der Waals surface area contributed by atoms with Crippen LogP contribution in [0.25, 0.3) is 0 Å². The Balaban J connectivity index is 1.80. The van der Waals surface area contributed by atoms with Gasteiger partial charge in [0.25, 0.3) is 0 Å². The molecule has 2 rings (SSSR count). The van der Waals surface area contributed by atoms with E-state index in [2.05, 4.69) is 5.32 Å². The van der Waals surface area contributed by atoms with E-state index in [0.29, 0.717) is 19.8 Å². The van der Waals surface area contributed by atoms with Crippen LogP contribution in [0.2, 0.25) is 0 Å². The number of carbonyl (C=O) groups is 1. The molecule has 98 valence electrons. The second-order valence-corrected chi connectivity index (χ2v) is 4.47. The van der Waals surface area contributed by atoms with Crippen molar-refractivity contribution in [1.29, 1.82) is 0 Å². The Kier molecular flexibility index (Phi) is 4.73. The van der Waals surface area contributed by atoms with Crippen LogP contribution in [-0.4, -0.2) is 25.7 Å². The van der Waals surface area contributed by atoms with Crippen molar-refractivity contribution in [2.75, 3.05) is 13.7 Å². The number of carbonyl (C=O) groups excluding carboxylic acids is 1. The van der Waals surface area contributed by atoms with Crippen molar-refractivity contribution in [2.45, 2.75) is 32.1 Å². The minimum Gasteiger partial charge on any atom is -0.380 e. The summed E-state index contributed by atoms with van der Waals surface area (Å²) in [6, 6.07) is 8.03. The molecule has 1 atom stereocenters. The smallest absolute Gasteiger partial charge is 0.249 e. The van der Waals surface area contributed by atoms with Crippen molar-refractivity contribution in [3.05, 3.63) is 35.4 Å². The zero-order valence-corrected chi connectivity index (χ0v) is 10.6. The SMILES string of the molecule is COCc1ccc(CNC(=O)C2CCCO2)cc1. The van der Waals surface area contributed by atoms with Gasteiger partial charge in [0.05, 0.1) is 6.61 Å². The first-order valence-corrected chi connectivity index (χ1v) is 6.25. The van der Waals surface area contributed by atoms with E-state index in [1.807, 2.05) is 24.3 Å². The minimum absolute atomic E-state index is 0.00605. The number of methoxy groups -OCH3 is 1. The Morgan fingerprint density at radius 2 is 2.11 bits per heavy atom. The minimum atomic E-state index is -0.252. The number of amides is 1. The summed E-state index contributed by atoms with van der Waals surface area (Å²) in [4.78, 5) is 11.7. The van der Waals surface area contributed by atoms with Gasteiger partial charge in [-0.25, -0.2) is 0 Å². The van der Waals surface area contributed by atoms with Crippen LogP contribution >= 0.6 is 0 Å². The molecule has 0 aliphatic carbocycles. The number of nitrogens with one attached hydrogen (secondary N) is 1. The van der Waals surface area contributed by atoms with Gasteiger partial charge in [-0.2, -0.15) is 0 Å². The molecule has 1 aromatic carbocycles. The van der Waals surface area contributed by atoms with Crippen LogP contribution in [0.1, 0.15) is 24.0 Å². The lowest BCUT2D eigenvalue weighted by Gasteiger charge is -2.10. The molecular formula is C14H19NO3. The van der Waals surface area contributed by atoms with Crippen molar-refractivity contribution >= 4 is 5.91 Å². The lowest BCUT2D eigenvalue weighted by Crippen LogP contribution is -2.33. The van der Waals surface area contributed by atoms with Crippen LogP contribution in [-0.2, 0) is 27.4 Å². The van der Waals surface area contributed by atoms with Gasteiger partial charge in [-0.05, 0) is 24.0 Å². The maximum absolute atomic E-state index is 11.7. The Bertz CT molecular complexity index is 383. The molecular weight excluding hydrogens is 230 g/mol. The third-order valence-corrected chi connectivity index (χ3v) is 3.02. The molecule has 0 saturated carbocycles. The molecule has 1 heterocycles. The number of benzene rings is 1. The van der Waals surface area contributed by atoms with Crippen LogP contribution in [0, 0.1) is 0 Å². The average Bonchev–Trinajstić information content (AvgIpc) is 2.92. The summed E-state index contributed by atoms with van der Waals surface area (Å²) in [5.41, 5.74) is 2.22. The fourth-order valence-electron chi connectivity index (χ4n) is 2.01. The Labute approximate surface area is 107 Å². The fraction of sp³-hybridized carbons (Fsp3) is 0.500. The topological polar surface area (TPSA) is 47.6 Å². The number of hydrogen-bond acceptors (Lipinski definition) is 3. The molecule has 1 amide bonds. The first-order valence-electron chi connectivity index (χ1n) is 6.25. The fourth-order valence-corrected chi connectivity index (χ4v) is 2.01. The molecule has 1 fully saturated rings. The molecule has 1 aliphatic rings. The molecule has 1 aliphatic heterocycles. The summed E-state index contributed by atoms with van der Waals surface area (Å²) in [5, 5.41) is 2.90. The molecule has 0 bridgehead atoms. The molecule has 0 radical (unpaired) electrons. The zero-order valence-electron chi connectivity index (χ0n) is 10.6. The van der Waals surface area contributed by atoms with E-state index in [1.165, 1.54) is 0 Å². The van der Waals surface area contributed by atoms with E-state index in [1.54, 1.807) is 7.11 Å². The summed E-state index contributed by atoms with van der Waals surface area (Å²) in [7, 11) is 1.68. The summed E-state index contributed by atoms with van der Waals surface area (Å²) >= 11 is 0. The van der Waals surface area contributed by atoms with Crippen LogP contribution in [0.5, 0.6) is 0 Å². The van der Waals surface area contributed by atoms with Gasteiger partial charge < -0.3 is 14.8 Å². The van der Waals surface area contributed by atoms with Gasteiger partial charge >= 0.3 is 0 Å². The molecule has 0 spiro atoms. The predicted molar refractivity (Wildman–Crippen MR) is 68.0 cm³/mol. The van der Waals surface area contributed by atoms with Crippen LogP contribution in [0.15, 0.2) is 24.3 Å². The molecule has 1 unspecified atom stereocenters. The second kappa shape index (κ2) is 6.52. The van der Waals surface area contributed by atoms with E-state index < -0.39 is 0 Å². The largest absolute Gasteiger partial charge is 0.380 e. The molecule has 18 heavy (non-hydrogen) atoms. The maximum atomic E-state index is 11.7. The lowest BCUT2D eigenvalue weighted by atomic mass is 10.1. The standard InChI is InChI=1S/C14H19NO3/c1-17-10-12-6-4-11(5-7-12)9-15-14(16)13-3-2-8-18-13/h4-7,13H,2-3,8-10H2,1H3,(H,15,16). The van der Waals surface area contributed by atoms with Gasteiger partial charge in [0.2, 0.25) is 5.91 Å². The Hall–Kier alpha value is -1.39. The van der Waals surface area contributed by atoms with E-state index >= 15 is 0 Å². The van der Waals surface area contributed by atoms with Gasteiger partial charge in [0, 0.05) is 20.3 Å². The number of ether oxygens (including phenoxy) is 2. The molecule has 4 nitrogen and oxygen atoms in total. The van der Waals surface area contributed by atoms with Crippen molar-refractivity contribution in [1.82, 2.24) is 5.32 Å². The van der Waals surface area contributed by atoms with Gasteiger partial charge in [0.1, 0.15) is 6.10 Å². The second-order valence-electron chi connectivity index (χ2n) is 4.47. The number of rotatable bonds is 5. The highest BCUT2D eigenvalue weighted by Crippen LogP contribution is 2.12. The summed E-state index contributed by atoms with van der Waals surface area (Å²) in [6.45, 7) is 1.86. The summed E-state index contributed by atoms with van der Waals surface area (Å²) in [5.74, 6) is -0.00605. The van der Waals surface area contributed by atoms with Crippen LogP contribution in [0.3, 0.4) is 0 Å². The monoisotopic (exact) mass is 249 g/mol. The van der Waals surface area contributed by atoms with Crippen molar-refractivity contribution in [2.24, 2.45) is 0 Å². The molecule has 4 heteroatoms. The van der Waals surface area contributed by atoms with Crippen molar-refractivity contribution in [3.8, 4) is 0 Å². The maximum Gasteiger partial charge on any atom is 0.249 e. The third kappa shape index (κ3) is 3.55. The lowest BCUT2D eigenvalue weighted by molar-refractivity contribution is -0.130. The van der Waals surface area contributed by atoms with E-state index in [0.717, 1.165) is 24.0 Å². The predicted octanol–water partition coefficient (Wildman–Crippen LogP) is 1.63. The highest BCUT2D eigenvalue weighted by Gasteiger charge is 2.22. The molecule has 1 saturated heterocycles. The first kappa shape index (κ1) is 13.1. The number of hydrogen-bond donors (Lipinski definition) is 1. The van der Waals surface area contributed by atoms with Gasteiger partial charge in [-0.3, -0.25) is 4.79 Å². The Morgan fingerprint density at radius 1 is 1.39 bits per heavy atom. The zero-order chi connectivity index (χ0) is 12.8. The molecule has 1 N–H and O–H groups in total. The van der Waals surface area contributed by atoms with E-state index in [9.17, 15) is 4.79 Å². The van der Waals surface area contributed by atoms with Crippen LogP contribution < -0.4 is 5.32 Å². The highest BCUT2D eigenvalue weighted by atomic mass is 16.5. The van der Waals surface area contributed by atoms with E-state index in [4.69, 9.17) is 9.47 Å². The normalized spacial score (nSPS) is 18.8. The highest BCUT2D eigenvalue weighted by molar-refractivity contribution is 5.80. The van der Waals surface area contributed by atoms with Crippen LogP contribution in [0.4, 0.5) is 0 Å². The molecule has 1 aromatic rings. The van der Waals surface area contributed by atoms with Gasteiger partial charge in [-0.1, -0.05) is 24.3 Å². The quantitative estimate of drug-likeness (QED) is 0.862. The summed E-state index contributed by atoms with van der Waals surface area (Å²) in [6.07, 6.45) is 1.56. The van der Waals surface area contributed by atoms with Crippen molar-refractivity contribution in [3.63, 3.8) is 0 Å². The van der Waals surface area contributed by atoms with E-state index in [-0.39, 0.29) is 12.0 Å². The third-order valence-electron chi connectivity index (χ3n) is 3.02. The summed E-state index contributed by atoms with van der Waals surface area (Å²) < 4.78 is 10.4. The Morgan fingerprint density at radius 3 is 2.72 bits per heavy atom. The van der Waals surface area contributed by atoms with Gasteiger partial charge in [0.15, 0.2) is 0 Å². The van der Waals surface area contributed by atoms with Gasteiger partial charge in [-0.15, -0.1) is 0 Å². The first-order chi connectivity index (χ1) is 8.79. The average molecular weight is 249 g/mol. The van der Waals surface area contributed by atoms with Crippen molar-refractivity contribution < 1.29 is 14.3 Å².